The van der Waals surface area contributed by atoms with Crippen LogP contribution in [0, 0.1) is 5.41 Å². The molecule has 0 amide bonds. The minimum absolute atomic E-state index is 0.0171. The molecular weight excluding hydrogens is 248 g/mol. The minimum atomic E-state index is -0.234. The maximum absolute atomic E-state index is 11.4. The predicted molar refractivity (Wildman–Crippen MR) is 76.6 cm³/mol. The largest absolute Gasteiger partial charge is 0.383 e. The highest BCUT2D eigenvalue weighted by Gasteiger charge is 2.31. The third kappa shape index (κ3) is 4.03. The van der Waals surface area contributed by atoms with Crippen LogP contribution in [0.5, 0.6) is 0 Å². The van der Waals surface area contributed by atoms with Gasteiger partial charge in [-0.15, -0.1) is 0 Å². The van der Waals surface area contributed by atoms with E-state index in [-0.39, 0.29) is 28.1 Å². The molecule has 0 fully saturated rings. The van der Waals surface area contributed by atoms with Crippen LogP contribution in [0.4, 0.5) is 5.82 Å². The van der Waals surface area contributed by atoms with Crippen LogP contribution < -0.4 is 17.0 Å². The van der Waals surface area contributed by atoms with Gasteiger partial charge < -0.3 is 16.5 Å². The number of nitrogens with two attached hydrogens (primary N) is 2. The molecule has 0 radical (unpaired) electrons. The second-order valence-corrected chi connectivity index (χ2v) is 6.58. The standard InChI is InChI=1S/C12H22N4OS/c1-5-7(13)10(12(2,3)4)18-11-15-8(14)6-9(17)16-11/h6-7,10H,5,13H2,1-4H3,(H3,14,15,16,17). The van der Waals surface area contributed by atoms with Crippen LogP contribution in [-0.4, -0.2) is 21.3 Å². The van der Waals surface area contributed by atoms with Crippen molar-refractivity contribution in [3.05, 3.63) is 16.4 Å². The number of nitrogens with one attached hydrogen (secondary N) is 1. The highest BCUT2D eigenvalue weighted by atomic mass is 32.2. The van der Waals surface area contributed by atoms with Crippen LogP contribution in [0.2, 0.25) is 0 Å². The summed E-state index contributed by atoms with van der Waals surface area (Å²) in [5.74, 6) is 0.235. The Kier molecular flexibility index (Phi) is 4.81. The van der Waals surface area contributed by atoms with E-state index < -0.39 is 0 Å². The van der Waals surface area contributed by atoms with E-state index in [0.29, 0.717) is 5.16 Å². The molecule has 0 aliphatic rings. The maximum atomic E-state index is 11.4. The van der Waals surface area contributed by atoms with E-state index in [4.69, 9.17) is 11.5 Å². The van der Waals surface area contributed by atoms with E-state index in [9.17, 15) is 4.79 Å². The van der Waals surface area contributed by atoms with Gasteiger partial charge in [-0.05, 0) is 11.8 Å². The zero-order valence-electron chi connectivity index (χ0n) is 11.4. The van der Waals surface area contributed by atoms with E-state index >= 15 is 0 Å². The summed E-state index contributed by atoms with van der Waals surface area (Å²) in [7, 11) is 0. The van der Waals surface area contributed by atoms with Crippen LogP contribution in [0.1, 0.15) is 34.1 Å². The van der Waals surface area contributed by atoms with Gasteiger partial charge in [0.1, 0.15) is 5.82 Å². The summed E-state index contributed by atoms with van der Waals surface area (Å²) in [5.41, 5.74) is 11.5. The number of aromatic nitrogens is 2. The van der Waals surface area contributed by atoms with Crippen molar-refractivity contribution in [2.24, 2.45) is 11.1 Å². The summed E-state index contributed by atoms with van der Waals surface area (Å²) in [6, 6.07) is 1.32. The molecule has 0 saturated heterocycles. The molecule has 2 unspecified atom stereocenters. The number of aromatic amines is 1. The first-order valence-corrected chi connectivity index (χ1v) is 6.91. The summed E-state index contributed by atoms with van der Waals surface area (Å²) < 4.78 is 0. The van der Waals surface area contributed by atoms with Gasteiger partial charge in [0.2, 0.25) is 0 Å². The van der Waals surface area contributed by atoms with Crippen LogP contribution in [0.25, 0.3) is 0 Å². The van der Waals surface area contributed by atoms with E-state index in [0.717, 1.165) is 6.42 Å². The fraction of sp³-hybridized carbons (Fsp3) is 0.667. The van der Waals surface area contributed by atoms with Gasteiger partial charge >= 0.3 is 0 Å². The lowest BCUT2D eigenvalue weighted by Crippen LogP contribution is -2.40. The van der Waals surface area contributed by atoms with E-state index in [1.54, 1.807) is 0 Å². The zero-order valence-corrected chi connectivity index (χ0v) is 12.2. The van der Waals surface area contributed by atoms with Crippen molar-refractivity contribution in [1.29, 1.82) is 0 Å². The first-order valence-electron chi connectivity index (χ1n) is 6.03. The Bertz CT molecular complexity index is 452. The quantitative estimate of drug-likeness (QED) is 0.570. The molecule has 6 heteroatoms. The van der Waals surface area contributed by atoms with Crippen molar-refractivity contribution < 1.29 is 0 Å². The van der Waals surface area contributed by atoms with Gasteiger partial charge in [-0.25, -0.2) is 4.98 Å². The smallest absolute Gasteiger partial charge is 0.253 e. The molecular formula is C12H22N4OS. The summed E-state index contributed by atoms with van der Waals surface area (Å²) in [6.45, 7) is 8.44. The number of H-pyrrole nitrogens is 1. The van der Waals surface area contributed by atoms with E-state index in [2.05, 4.69) is 37.7 Å². The van der Waals surface area contributed by atoms with Gasteiger partial charge in [-0.1, -0.05) is 39.5 Å². The lowest BCUT2D eigenvalue weighted by molar-refractivity contribution is 0.349. The molecule has 1 heterocycles. The zero-order chi connectivity index (χ0) is 13.9. The third-order valence-electron chi connectivity index (χ3n) is 2.69. The van der Waals surface area contributed by atoms with Crippen molar-refractivity contribution >= 4 is 17.6 Å². The van der Waals surface area contributed by atoms with Crippen molar-refractivity contribution in [3.63, 3.8) is 0 Å². The SMILES string of the molecule is CCC(N)C(Sc1nc(N)cc(=O)[nH]1)C(C)(C)C. The highest BCUT2D eigenvalue weighted by Crippen LogP contribution is 2.36. The van der Waals surface area contributed by atoms with Crippen LogP contribution in [-0.2, 0) is 0 Å². The molecule has 1 aromatic heterocycles. The van der Waals surface area contributed by atoms with Gasteiger partial charge in [0.15, 0.2) is 5.16 Å². The summed E-state index contributed by atoms with van der Waals surface area (Å²) in [4.78, 5) is 18.2. The molecule has 102 valence electrons. The highest BCUT2D eigenvalue weighted by molar-refractivity contribution is 7.99. The molecule has 0 bridgehead atoms. The number of anilines is 1. The molecule has 0 spiro atoms. The first-order chi connectivity index (χ1) is 8.24. The normalized spacial score (nSPS) is 15.4. The van der Waals surface area contributed by atoms with Crippen molar-refractivity contribution in [2.75, 3.05) is 5.73 Å². The Morgan fingerprint density at radius 1 is 1.50 bits per heavy atom. The average molecular weight is 270 g/mol. The van der Waals surface area contributed by atoms with Crippen molar-refractivity contribution in [1.82, 2.24) is 9.97 Å². The second-order valence-electron chi connectivity index (χ2n) is 5.45. The molecule has 0 aromatic carbocycles. The molecule has 1 aromatic rings. The molecule has 2 atom stereocenters. The van der Waals surface area contributed by atoms with Crippen LogP contribution in [0.15, 0.2) is 16.0 Å². The lowest BCUT2D eigenvalue weighted by atomic mass is 9.87. The maximum Gasteiger partial charge on any atom is 0.253 e. The monoisotopic (exact) mass is 270 g/mol. The Labute approximate surface area is 112 Å². The summed E-state index contributed by atoms with van der Waals surface area (Å²) in [5, 5.41) is 0.691. The first kappa shape index (κ1) is 15.0. The second kappa shape index (κ2) is 5.75. The molecule has 0 saturated carbocycles. The third-order valence-corrected chi connectivity index (χ3v) is 4.42. The van der Waals surface area contributed by atoms with Crippen LogP contribution in [0.3, 0.4) is 0 Å². The topological polar surface area (TPSA) is 97.8 Å². The molecule has 5 N–H and O–H groups in total. The average Bonchev–Trinajstić information content (AvgIpc) is 2.22. The number of thioether (sulfide) groups is 1. The number of hydrogen-bond acceptors (Lipinski definition) is 5. The Morgan fingerprint density at radius 2 is 2.11 bits per heavy atom. The van der Waals surface area contributed by atoms with Gasteiger partial charge in [0, 0.05) is 17.4 Å². The van der Waals surface area contributed by atoms with Crippen LogP contribution >= 0.6 is 11.8 Å². The van der Waals surface area contributed by atoms with E-state index in [1.165, 1.54) is 17.8 Å². The van der Waals surface area contributed by atoms with Gasteiger partial charge in [0.25, 0.3) is 5.56 Å². The Hall–Kier alpha value is -1.01. The van der Waals surface area contributed by atoms with E-state index in [1.807, 2.05) is 0 Å². The number of nitrogens with zero attached hydrogens (tertiary/aromatic N) is 1. The Morgan fingerprint density at radius 3 is 2.56 bits per heavy atom. The van der Waals surface area contributed by atoms with Gasteiger partial charge in [0.05, 0.1) is 0 Å². The summed E-state index contributed by atoms with van der Waals surface area (Å²) >= 11 is 1.48. The predicted octanol–water partition coefficient (Wildman–Crippen LogP) is 1.60. The molecule has 0 aliphatic heterocycles. The van der Waals surface area contributed by atoms with Gasteiger partial charge in [-0.3, -0.25) is 4.79 Å². The fourth-order valence-electron chi connectivity index (χ4n) is 1.75. The summed E-state index contributed by atoms with van der Waals surface area (Å²) in [6.07, 6.45) is 0.876. The fourth-order valence-corrected chi connectivity index (χ4v) is 3.03. The van der Waals surface area contributed by atoms with Gasteiger partial charge in [-0.2, -0.15) is 0 Å². The molecule has 5 nitrogen and oxygen atoms in total. The molecule has 18 heavy (non-hydrogen) atoms. The molecule has 1 rings (SSSR count). The molecule has 0 aliphatic carbocycles. The Balaban J connectivity index is 3.00. The number of rotatable bonds is 4. The van der Waals surface area contributed by atoms with Crippen molar-refractivity contribution in [2.45, 2.75) is 50.6 Å². The lowest BCUT2D eigenvalue weighted by Gasteiger charge is -2.33. The minimum Gasteiger partial charge on any atom is -0.383 e. The number of nitrogen functional groups attached to an aromatic ring is 1. The van der Waals surface area contributed by atoms with Crippen molar-refractivity contribution in [3.8, 4) is 0 Å². The number of hydrogen-bond donors (Lipinski definition) is 3.